The normalized spacial score (nSPS) is 12.7. The highest BCUT2D eigenvalue weighted by Crippen LogP contribution is 2.21. The van der Waals surface area contributed by atoms with Crippen LogP contribution in [-0.4, -0.2) is 0 Å². The summed E-state index contributed by atoms with van der Waals surface area (Å²) in [7, 11) is 0. The Bertz CT molecular complexity index is 411. The molecule has 3 nitrogen and oxygen atoms in total. The zero-order chi connectivity index (χ0) is 10.7. The average Bonchev–Trinajstić information content (AvgIpc) is 2.75. The van der Waals surface area contributed by atoms with E-state index in [1.807, 2.05) is 6.07 Å². The highest BCUT2D eigenvalue weighted by Gasteiger charge is 2.14. The van der Waals surface area contributed by atoms with Crippen LogP contribution < -0.4 is 11.3 Å². The molecule has 0 fully saturated rings. The number of rotatable bonds is 3. The summed E-state index contributed by atoms with van der Waals surface area (Å²) < 4.78 is 18.0. The van der Waals surface area contributed by atoms with Crippen LogP contribution >= 0.6 is 0 Å². The Labute approximate surface area is 86.7 Å². The molecule has 0 saturated heterocycles. The Hall–Kier alpha value is -1.65. The van der Waals surface area contributed by atoms with Crippen molar-refractivity contribution >= 4 is 0 Å². The summed E-state index contributed by atoms with van der Waals surface area (Å²) in [5.41, 5.74) is 3.48. The molecule has 0 radical (unpaired) electrons. The molecule has 0 saturated carbocycles. The van der Waals surface area contributed by atoms with Crippen LogP contribution in [-0.2, 0) is 0 Å². The van der Waals surface area contributed by atoms with Crippen LogP contribution in [0.3, 0.4) is 0 Å². The molecule has 0 spiro atoms. The molecule has 0 aliphatic rings. The minimum Gasteiger partial charge on any atom is -0.467 e. The van der Waals surface area contributed by atoms with Gasteiger partial charge in [0.05, 0.1) is 6.26 Å². The van der Waals surface area contributed by atoms with Gasteiger partial charge in [-0.2, -0.15) is 0 Å². The number of halogens is 1. The van der Waals surface area contributed by atoms with Crippen LogP contribution in [0.25, 0.3) is 0 Å². The van der Waals surface area contributed by atoms with E-state index in [0.717, 1.165) is 5.56 Å². The first kappa shape index (κ1) is 9.89. The first-order chi connectivity index (χ1) is 7.31. The lowest BCUT2D eigenvalue weighted by atomic mass is 10.1. The molecule has 1 aromatic carbocycles. The third-order valence-electron chi connectivity index (χ3n) is 2.20. The van der Waals surface area contributed by atoms with Gasteiger partial charge in [-0.3, -0.25) is 5.84 Å². The SMILES string of the molecule is NNC(c1ccc(F)cc1)c1ccco1. The molecule has 1 aromatic heterocycles. The molecule has 2 rings (SSSR count). The fourth-order valence-electron chi connectivity index (χ4n) is 1.45. The second kappa shape index (κ2) is 4.25. The van der Waals surface area contributed by atoms with Gasteiger partial charge < -0.3 is 4.42 Å². The van der Waals surface area contributed by atoms with Gasteiger partial charge in [-0.1, -0.05) is 12.1 Å². The van der Waals surface area contributed by atoms with Crippen molar-refractivity contribution in [2.75, 3.05) is 0 Å². The van der Waals surface area contributed by atoms with E-state index >= 15 is 0 Å². The molecule has 0 amide bonds. The lowest BCUT2D eigenvalue weighted by molar-refractivity contribution is 0.452. The summed E-state index contributed by atoms with van der Waals surface area (Å²) >= 11 is 0. The van der Waals surface area contributed by atoms with Crippen LogP contribution in [0, 0.1) is 5.82 Å². The fraction of sp³-hybridized carbons (Fsp3) is 0.0909. The number of hydrogen-bond donors (Lipinski definition) is 2. The molecule has 1 atom stereocenters. The maximum Gasteiger partial charge on any atom is 0.126 e. The summed E-state index contributed by atoms with van der Waals surface area (Å²) in [5, 5.41) is 0. The number of nitrogens with one attached hydrogen (secondary N) is 1. The Morgan fingerprint density at radius 2 is 1.93 bits per heavy atom. The molecule has 1 unspecified atom stereocenters. The third-order valence-corrected chi connectivity index (χ3v) is 2.20. The molecular weight excluding hydrogens is 195 g/mol. The molecular formula is C11H11FN2O. The van der Waals surface area contributed by atoms with Crippen LogP contribution in [0.4, 0.5) is 4.39 Å². The standard InChI is InChI=1S/C11H11FN2O/c12-9-5-3-8(4-6-9)11(14-13)10-2-1-7-15-10/h1-7,11,14H,13H2. The fourth-order valence-corrected chi connectivity index (χ4v) is 1.45. The number of nitrogens with two attached hydrogens (primary N) is 1. The van der Waals surface area contributed by atoms with Crippen molar-refractivity contribution in [2.45, 2.75) is 6.04 Å². The van der Waals surface area contributed by atoms with Crippen molar-refractivity contribution in [3.63, 3.8) is 0 Å². The van der Waals surface area contributed by atoms with Crippen molar-refractivity contribution in [3.8, 4) is 0 Å². The predicted octanol–water partition coefficient (Wildman–Crippen LogP) is 1.97. The summed E-state index contributed by atoms with van der Waals surface area (Å²) in [6, 6.07) is 9.47. The second-order valence-corrected chi connectivity index (χ2v) is 3.17. The Morgan fingerprint density at radius 1 is 1.20 bits per heavy atom. The Kier molecular flexibility index (Phi) is 2.80. The summed E-state index contributed by atoms with van der Waals surface area (Å²) in [4.78, 5) is 0. The predicted molar refractivity (Wildman–Crippen MR) is 54.3 cm³/mol. The van der Waals surface area contributed by atoms with Crippen molar-refractivity contribution in [2.24, 2.45) is 5.84 Å². The molecule has 3 N–H and O–H groups in total. The summed E-state index contributed by atoms with van der Waals surface area (Å²) in [5.74, 6) is 5.86. The van der Waals surface area contributed by atoms with E-state index in [0.29, 0.717) is 5.76 Å². The maximum absolute atomic E-state index is 12.7. The smallest absolute Gasteiger partial charge is 0.126 e. The molecule has 2 aromatic rings. The number of hydrogen-bond acceptors (Lipinski definition) is 3. The summed E-state index contributed by atoms with van der Waals surface area (Å²) in [6.45, 7) is 0. The largest absolute Gasteiger partial charge is 0.467 e. The Morgan fingerprint density at radius 3 is 2.47 bits per heavy atom. The van der Waals surface area contributed by atoms with Crippen molar-refractivity contribution in [1.82, 2.24) is 5.43 Å². The highest BCUT2D eigenvalue weighted by atomic mass is 19.1. The van der Waals surface area contributed by atoms with Crippen molar-refractivity contribution in [3.05, 3.63) is 59.8 Å². The molecule has 0 aliphatic heterocycles. The molecule has 4 heteroatoms. The Balaban J connectivity index is 2.31. The van der Waals surface area contributed by atoms with Gasteiger partial charge in [0.1, 0.15) is 17.6 Å². The van der Waals surface area contributed by atoms with E-state index in [2.05, 4.69) is 5.43 Å². The van der Waals surface area contributed by atoms with Gasteiger partial charge >= 0.3 is 0 Å². The van der Waals surface area contributed by atoms with Gasteiger partial charge in [0.15, 0.2) is 0 Å². The van der Waals surface area contributed by atoms with Gasteiger partial charge in [0.25, 0.3) is 0 Å². The van der Waals surface area contributed by atoms with Crippen molar-refractivity contribution in [1.29, 1.82) is 0 Å². The number of furan rings is 1. The second-order valence-electron chi connectivity index (χ2n) is 3.17. The first-order valence-corrected chi connectivity index (χ1v) is 4.56. The van der Waals surface area contributed by atoms with Gasteiger partial charge in [0, 0.05) is 0 Å². The lowest BCUT2D eigenvalue weighted by Crippen LogP contribution is -2.28. The van der Waals surface area contributed by atoms with E-state index < -0.39 is 0 Å². The first-order valence-electron chi connectivity index (χ1n) is 4.56. The van der Waals surface area contributed by atoms with E-state index in [1.54, 1.807) is 24.5 Å². The average molecular weight is 206 g/mol. The highest BCUT2D eigenvalue weighted by molar-refractivity contribution is 5.26. The van der Waals surface area contributed by atoms with Gasteiger partial charge in [0.2, 0.25) is 0 Å². The van der Waals surface area contributed by atoms with Crippen LogP contribution in [0.1, 0.15) is 17.4 Å². The lowest BCUT2D eigenvalue weighted by Gasteiger charge is -2.13. The molecule has 0 aliphatic carbocycles. The van der Waals surface area contributed by atoms with Gasteiger partial charge in [-0.15, -0.1) is 0 Å². The zero-order valence-corrected chi connectivity index (χ0v) is 7.98. The quantitative estimate of drug-likeness (QED) is 0.596. The van der Waals surface area contributed by atoms with Crippen LogP contribution in [0.2, 0.25) is 0 Å². The van der Waals surface area contributed by atoms with Gasteiger partial charge in [-0.25, -0.2) is 9.82 Å². The van der Waals surface area contributed by atoms with E-state index in [9.17, 15) is 4.39 Å². The molecule has 1 heterocycles. The summed E-state index contributed by atoms with van der Waals surface area (Å²) in [6.07, 6.45) is 1.57. The molecule has 15 heavy (non-hydrogen) atoms. The van der Waals surface area contributed by atoms with Crippen LogP contribution in [0.15, 0.2) is 47.1 Å². The topological polar surface area (TPSA) is 51.2 Å². The van der Waals surface area contributed by atoms with Crippen LogP contribution in [0.5, 0.6) is 0 Å². The minimum atomic E-state index is -0.269. The monoisotopic (exact) mass is 206 g/mol. The van der Waals surface area contributed by atoms with Gasteiger partial charge in [-0.05, 0) is 29.8 Å². The van der Waals surface area contributed by atoms with E-state index in [1.165, 1.54) is 12.1 Å². The maximum atomic E-state index is 12.7. The minimum absolute atomic E-state index is 0.249. The number of hydrazine groups is 1. The van der Waals surface area contributed by atoms with E-state index in [-0.39, 0.29) is 11.9 Å². The molecule has 0 bridgehead atoms. The number of benzene rings is 1. The molecule has 78 valence electrons. The van der Waals surface area contributed by atoms with E-state index in [4.69, 9.17) is 10.3 Å². The third kappa shape index (κ3) is 2.06. The van der Waals surface area contributed by atoms with Crippen molar-refractivity contribution < 1.29 is 8.81 Å². The zero-order valence-electron chi connectivity index (χ0n) is 7.98.